The van der Waals surface area contributed by atoms with E-state index < -0.39 is 17.8 Å². The van der Waals surface area contributed by atoms with Crippen molar-refractivity contribution in [2.45, 2.75) is 13.1 Å². The van der Waals surface area contributed by atoms with Crippen LogP contribution in [0.1, 0.15) is 21.6 Å². The van der Waals surface area contributed by atoms with Gasteiger partial charge in [0.05, 0.1) is 5.56 Å². The lowest BCUT2D eigenvalue weighted by molar-refractivity contribution is -0.141. The Labute approximate surface area is 174 Å². The van der Waals surface area contributed by atoms with E-state index in [2.05, 4.69) is 15.6 Å². The van der Waals surface area contributed by atoms with E-state index in [0.717, 1.165) is 12.1 Å². The largest absolute Gasteiger partial charge is 0.433 e. The number of pyridine rings is 1. The number of halogens is 5. The molecule has 2 aromatic carbocycles. The van der Waals surface area contributed by atoms with Crippen molar-refractivity contribution in [3.63, 3.8) is 0 Å². The summed E-state index contributed by atoms with van der Waals surface area (Å²) in [7, 11) is 0. The summed E-state index contributed by atoms with van der Waals surface area (Å²) < 4.78 is 39.4. The maximum absolute atomic E-state index is 13.1. The number of aromatic nitrogens is 1. The predicted octanol–water partition coefficient (Wildman–Crippen LogP) is 6.71. The summed E-state index contributed by atoms with van der Waals surface area (Å²) >= 11 is 11.8. The third-order valence-corrected chi connectivity index (χ3v) is 4.42. The van der Waals surface area contributed by atoms with Gasteiger partial charge in [0.25, 0.3) is 5.91 Å². The number of anilines is 3. The molecule has 0 unspecified atom stereocenters. The molecule has 0 saturated carbocycles. The van der Waals surface area contributed by atoms with Crippen molar-refractivity contribution >= 4 is 46.3 Å². The molecule has 0 atom stereocenters. The van der Waals surface area contributed by atoms with Gasteiger partial charge in [-0.25, -0.2) is 4.98 Å². The number of benzene rings is 2. The number of nitrogens with one attached hydrogen (secondary N) is 2. The van der Waals surface area contributed by atoms with E-state index >= 15 is 0 Å². The summed E-state index contributed by atoms with van der Waals surface area (Å²) in [6.07, 6.45) is -4.66. The lowest BCUT2D eigenvalue weighted by Crippen LogP contribution is -2.17. The van der Waals surface area contributed by atoms with Crippen molar-refractivity contribution in [3.05, 3.63) is 81.5 Å². The molecule has 0 aliphatic heterocycles. The lowest BCUT2D eigenvalue weighted by Gasteiger charge is -2.15. The molecule has 0 bridgehead atoms. The Morgan fingerprint density at radius 2 is 1.72 bits per heavy atom. The number of hydrogen-bond acceptors (Lipinski definition) is 3. The molecule has 150 valence electrons. The van der Waals surface area contributed by atoms with Gasteiger partial charge in [0.1, 0.15) is 11.5 Å². The molecule has 29 heavy (non-hydrogen) atoms. The lowest BCUT2D eigenvalue weighted by atomic mass is 10.1. The second kappa shape index (κ2) is 8.31. The number of rotatable bonds is 4. The van der Waals surface area contributed by atoms with Gasteiger partial charge >= 0.3 is 6.18 Å². The van der Waals surface area contributed by atoms with Gasteiger partial charge < -0.3 is 10.6 Å². The van der Waals surface area contributed by atoms with E-state index in [0.29, 0.717) is 27.0 Å². The van der Waals surface area contributed by atoms with Gasteiger partial charge in [-0.2, -0.15) is 13.2 Å². The molecule has 1 heterocycles. The smallest absolute Gasteiger partial charge is 0.339 e. The molecule has 3 aromatic rings. The minimum atomic E-state index is -4.66. The number of carbonyl (C=O) groups is 1. The number of carbonyl (C=O) groups excluding carboxylic acids is 1. The average molecular weight is 440 g/mol. The maximum atomic E-state index is 13.1. The first-order chi connectivity index (χ1) is 13.6. The van der Waals surface area contributed by atoms with Crippen LogP contribution in [0.15, 0.2) is 54.6 Å². The average Bonchev–Trinajstić information content (AvgIpc) is 2.63. The van der Waals surface area contributed by atoms with Crippen LogP contribution < -0.4 is 10.6 Å². The molecule has 0 aliphatic carbocycles. The molecule has 1 aromatic heterocycles. The molecule has 0 spiro atoms. The predicted molar refractivity (Wildman–Crippen MR) is 108 cm³/mol. The van der Waals surface area contributed by atoms with Crippen LogP contribution in [-0.2, 0) is 6.18 Å². The highest BCUT2D eigenvalue weighted by Crippen LogP contribution is 2.32. The van der Waals surface area contributed by atoms with Gasteiger partial charge in [-0.15, -0.1) is 0 Å². The molecule has 0 radical (unpaired) electrons. The zero-order valence-electron chi connectivity index (χ0n) is 14.9. The van der Waals surface area contributed by atoms with Crippen LogP contribution in [0.4, 0.5) is 30.4 Å². The second-order valence-electron chi connectivity index (χ2n) is 6.14. The highest BCUT2D eigenvalue weighted by molar-refractivity contribution is 6.31. The first-order valence-electron chi connectivity index (χ1n) is 8.32. The number of hydrogen-bond donors (Lipinski definition) is 2. The van der Waals surface area contributed by atoms with Gasteiger partial charge in [-0.3, -0.25) is 4.79 Å². The van der Waals surface area contributed by atoms with Gasteiger partial charge in [0.2, 0.25) is 0 Å². The molecular weight excluding hydrogens is 426 g/mol. The van der Waals surface area contributed by atoms with Gasteiger partial charge in [0, 0.05) is 21.4 Å². The van der Waals surface area contributed by atoms with Crippen LogP contribution in [0.25, 0.3) is 0 Å². The van der Waals surface area contributed by atoms with E-state index in [1.807, 2.05) is 0 Å². The van der Waals surface area contributed by atoms with Gasteiger partial charge in [-0.1, -0.05) is 29.3 Å². The summed E-state index contributed by atoms with van der Waals surface area (Å²) in [6, 6.07) is 13.0. The van der Waals surface area contributed by atoms with E-state index in [1.165, 1.54) is 6.07 Å². The van der Waals surface area contributed by atoms with Crippen molar-refractivity contribution in [2.24, 2.45) is 0 Å². The van der Waals surface area contributed by atoms with E-state index in [9.17, 15) is 18.0 Å². The highest BCUT2D eigenvalue weighted by atomic mass is 35.5. The van der Waals surface area contributed by atoms with Crippen molar-refractivity contribution in [3.8, 4) is 0 Å². The third kappa shape index (κ3) is 5.19. The molecule has 0 fully saturated rings. The van der Waals surface area contributed by atoms with Crippen LogP contribution in [0.5, 0.6) is 0 Å². The van der Waals surface area contributed by atoms with E-state index in [-0.39, 0.29) is 11.4 Å². The van der Waals surface area contributed by atoms with Crippen LogP contribution >= 0.6 is 23.2 Å². The van der Waals surface area contributed by atoms with Gasteiger partial charge in [-0.05, 0) is 61.0 Å². The molecule has 0 aliphatic rings. The highest BCUT2D eigenvalue weighted by Gasteiger charge is 2.33. The van der Waals surface area contributed by atoms with Crippen molar-refractivity contribution in [1.29, 1.82) is 0 Å². The topological polar surface area (TPSA) is 54.0 Å². The Hall–Kier alpha value is -2.77. The van der Waals surface area contributed by atoms with Crippen LogP contribution in [0, 0.1) is 6.92 Å². The quantitative estimate of drug-likeness (QED) is 0.474. The van der Waals surface area contributed by atoms with E-state index in [1.54, 1.807) is 43.3 Å². The first kappa shape index (κ1) is 21.0. The standard InChI is InChI=1S/C20H14Cl2F3N3O/c1-11-9-13(22)5-7-16(11)27-18-15(6-8-17(28-18)20(23,24)25)19(29)26-14-4-2-3-12(21)10-14/h2-10H,1H3,(H,26,29)(H,27,28). The van der Waals surface area contributed by atoms with Crippen molar-refractivity contribution in [2.75, 3.05) is 10.6 Å². The molecular formula is C20H14Cl2F3N3O. The summed E-state index contributed by atoms with van der Waals surface area (Å²) in [6.45, 7) is 1.73. The SMILES string of the molecule is Cc1cc(Cl)ccc1Nc1nc(C(F)(F)F)ccc1C(=O)Nc1cccc(Cl)c1. The fourth-order valence-electron chi connectivity index (χ4n) is 2.56. The van der Waals surface area contributed by atoms with Gasteiger partial charge in [0.15, 0.2) is 0 Å². The normalized spacial score (nSPS) is 11.2. The number of amides is 1. The molecule has 0 saturated heterocycles. The monoisotopic (exact) mass is 439 g/mol. The summed E-state index contributed by atoms with van der Waals surface area (Å²) in [5.74, 6) is -0.868. The van der Waals surface area contributed by atoms with Crippen LogP contribution in [0.3, 0.4) is 0 Å². The van der Waals surface area contributed by atoms with Crippen LogP contribution in [-0.4, -0.2) is 10.9 Å². The molecule has 4 nitrogen and oxygen atoms in total. The summed E-state index contributed by atoms with van der Waals surface area (Å²) in [5, 5.41) is 6.29. The third-order valence-electron chi connectivity index (χ3n) is 3.95. The fourth-order valence-corrected chi connectivity index (χ4v) is 2.97. The Morgan fingerprint density at radius 3 is 2.38 bits per heavy atom. The van der Waals surface area contributed by atoms with Crippen LogP contribution in [0.2, 0.25) is 10.0 Å². The summed E-state index contributed by atoms with van der Waals surface area (Å²) in [4.78, 5) is 16.3. The zero-order chi connectivity index (χ0) is 21.2. The number of nitrogens with zero attached hydrogens (tertiary/aromatic N) is 1. The Kier molecular flexibility index (Phi) is 6.00. The minimum Gasteiger partial charge on any atom is -0.339 e. The molecule has 2 N–H and O–H groups in total. The maximum Gasteiger partial charge on any atom is 0.433 e. The Morgan fingerprint density at radius 1 is 1.00 bits per heavy atom. The Balaban J connectivity index is 2.00. The molecule has 1 amide bonds. The Bertz CT molecular complexity index is 1070. The molecule has 3 rings (SSSR count). The summed E-state index contributed by atoms with van der Waals surface area (Å²) in [5.41, 5.74) is 0.366. The van der Waals surface area contributed by atoms with Crippen molar-refractivity contribution < 1.29 is 18.0 Å². The van der Waals surface area contributed by atoms with E-state index in [4.69, 9.17) is 23.2 Å². The number of aryl methyl sites for hydroxylation is 1. The number of alkyl halides is 3. The zero-order valence-corrected chi connectivity index (χ0v) is 16.5. The fraction of sp³-hybridized carbons (Fsp3) is 0.100. The first-order valence-corrected chi connectivity index (χ1v) is 9.07. The molecule has 9 heteroatoms. The van der Waals surface area contributed by atoms with Crippen molar-refractivity contribution in [1.82, 2.24) is 4.98 Å². The minimum absolute atomic E-state index is 0.0627. The second-order valence-corrected chi connectivity index (χ2v) is 7.01.